The SMILES string of the molecule is C=CCn1c(SCC(=O)Nc2ccc(Br)cc2C(C)C)nnc1-c1ccccc1F. The van der Waals surface area contributed by atoms with Gasteiger partial charge in [-0.1, -0.05) is 59.7 Å². The van der Waals surface area contributed by atoms with Crippen LogP contribution in [0.4, 0.5) is 10.1 Å². The number of nitrogens with zero attached hydrogens (tertiary/aromatic N) is 3. The van der Waals surface area contributed by atoms with Gasteiger partial charge in [-0.15, -0.1) is 16.8 Å². The number of halogens is 2. The number of carbonyl (C=O) groups is 1. The van der Waals surface area contributed by atoms with E-state index in [4.69, 9.17) is 0 Å². The lowest BCUT2D eigenvalue weighted by molar-refractivity contribution is -0.113. The van der Waals surface area contributed by atoms with Crippen molar-refractivity contribution < 1.29 is 9.18 Å². The number of hydrogen-bond acceptors (Lipinski definition) is 4. The predicted molar refractivity (Wildman–Crippen MR) is 123 cm³/mol. The number of amides is 1. The Balaban J connectivity index is 1.76. The number of allylic oxidation sites excluding steroid dienone is 1. The minimum Gasteiger partial charge on any atom is -0.325 e. The largest absolute Gasteiger partial charge is 0.325 e. The molecular formula is C22H22BrFN4OS. The minimum atomic E-state index is -0.374. The predicted octanol–water partition coefficient (Wildman–Crippen LogP) is 5.89. The molecule has 5 nitrogen and oxygen atoms in total. The zero-order valence-corrected chi connectivity index (χ0v) is 19.1. The van der Waals surface area contributed by atoms with Crippen LogP contribution in [0.25, 0.3) is 11.4 Å². The molecule has 0 radical (unpaired) electrons. The second-order valence-electron chi connectivity index (χ2n) is 6.91. The van der Waals surface area contributed by atoms with Gasteiger partial charge in [0.15, 0.2) is 11.0 Å². The van der Waals surface area contributed by atoms with Crippen molar-refractivity contribution >= 4 is 39.3 Å². The first kappa shape index (κ1) is 22.2. The highest BCUT2D eigenvalue weighted by Gasteiger charge is 2.18. The summed E-state index contributed by atoms with van der Waals surface area (Å²) >= 11 is 4.72. The van der Waals surface area contributed by atoms with Gasteiger partial charge in [0, 0.05) is 16.7 Å². The van der Waals surface area contributed by atoms with E-state index in [-0.39, 0.29) is 23.4 Å². The summed E-state index contributed by atoms with van der Waals surface area (Å²) in [7, 11) is 0. The molecule has 30 heavy (non-hydrogen) atoms. The normalized spacial score (nSPS) is 11.0. The number of thioether (sulfide) groups is 1. The second kappa shape index (κ2) is 10.0. The molecule has 0 aliphatic carbocycles. The van der Waals surface area contributed by atoms with E-state index < -0.39 is 0 Å². The van der Waals surface area contributed by atoms with E-state index >= 15 is 0 Å². The van der Waals surface area contributed by atoms with Gasteiger partial charge in [-0.2, -0.15) is 0 Å². The summed E-state index contributed by atoms with van der Waals surface area (Å²) in [6.45, 7) is 8.32. The first-order chi connectivity index (χ1) is 14.4. The third-order valence-corrected chi connectivity index (χ3v) is 5.85. The molecule has 8 heteroatoms. The van der Waals surface area contributed by atoms with E-state index in [2.05, 4.69) is 51.9 Å². The fourth-order valence-corrected chi connectivity index (χ4v) is 4.10. The summed E-state index contributed by atoms with van der Waals surface area (Å²) < 4.78 is 16.9. The van der Waals surface area contributed by atoms with Gasteiger partial charge in [-0.3, -0.25) is 9.36 Å². The zero-order valence-electron chi connectivity index (χ0n) is 16.7. The smallest absolute Gasteiger partial charge is 0.234 e. The number of benzene rings is 2. The van der Waals surface area contributed by atoms with Crippen LogP contribution in [-0.2, 0) is 11.3 Å². The van der Waals surface area contributed by atoms with Crippen molar-refractivity contribution in [2.24, 2.45) is 0 Å². The molecule has 0 bridgehead atoms. The number of rotatable bonds is 8. The third-order valence-electron chi connectivity index (χ3n) is 4.39. The van der Waals surface area contributed by atoms with Crippen LogP contribution in [0.1, 0.15) is 25.3 Å². The zero-order chi connectivity index (χ0) is 21.7. The van der Waals surface area contributed by atoms with Crippen molar-refractivity contribution in [2.45, 2.75) is 31.5 Å². The Hall–Kier alpha value is -2.45. The Bertz CT molecular complexity index is 1070. The molecular weight excluding hydrogens is 467 g/mol. The Morgan fingerprint density at radius 3 is 2.77 bits per heavy atom. The molecule has 0 fully saturated rings. The lowest BCUT2D eigenvalue weighted by atomic mass is 10.0. The molecule has 2 aromatic carbocycles. The molecule has 1 N–H and O–H groups in total. The van der Waals surface area contributed by atoms with Gasteiger partial charge in [0.25, 0.3) is 0 Å². The molecule has 0 atom stereocenters. The van der Waals surface area contributed by atoms with Gasteiger partial charge < -0.3 is 5.32 Å². The van der Waals surface area contributed by atoms with Crippen LogP contribution in [0.15, 0.2) is 64.7 Å². The molecule has 0 aliphatic rings. The lowest BCUT2D eigenvalue weighted by Gasteiger charge is -2.14. The van der Waals surface area contributed by atoms with E-state index in [1.807, 2.05) is 18.2 Å². The summed E-state index contributed by atoms with van der Waals surface area (Å²) in [4.78, 5) is 12.6. The van der Waals surface area contributed by atoms with Crippen LogP contribution in [0.5, 0.6) is 0 Å². The van der Waals surface area contributed by atoms with E-state index in [1.54, 1.807) is 28.8 Å². The molecule has 1 aromatic heterocycles. The van der Waals surface area contributed by atoms with E-state index in [9.17, 15) is 9.18 Å². The molecule has 0 saturated heterocycles. The van der Waals surface area contributed by atoms with Crippen molar-refractivity contribution in [1.29, 1.82) is 0 Å². The maximum atomic E-state index is 14.2. The Morgan fingerprint density at radius 2 is 2.07 bits per heavy atom. The van der Waals surface area contributed by atoms with Gasteiger partial charge in [0.2, 0.25) is 5.91 Å². The van der Waals surface area contributed by atoms with E-state index in [1.165, 1.54) is 17.8 Å². The van der Waals surface area contributed by atoms with Crippen molar-refractivity contribution in [3.63, 3.8) is 0 Å². The van der Waals surface area contributed by atoms with Crippen molar-refractivity contribution in [3.05, 3.63) is 71.0 Å². The second-order valence-corrected chi connectivity index (χ2v) is 8.77. The fourth-order valence-electron chi connectivity index (χ4n) is 2.97. The first-order valence-electron chi connectivity index (χ1n) is 9.41. The van der Waals surface area contributed by atoms with Crippen LogP contribution in [-0.4, -0.2) is 26.4 Å². The van der Waals surface area contributed by atoms with Crippen LogP contribution in [0, 0.1) is 5.82 Å². The summed E-state index contributed by atoms with van der Waals surface area (Å²) in [5.74, 6) is 0.307. The molecule has 1 heterocycles. The van der Waals surface area contributed by atoms with E-state index in [0.717, 1.165) is 15.7 Å². The van der Waals surface area contributed by atoms with Crippen molar-refractivity contribution in [3.8, 4) is 11.4 Å². The lowest BCUT2D eigenvalue weighted by Crippen LogP contribution is -2.16. The topological polar surface area (TPSA) is 59.8 Å². The Kier molecular flexibility index (Phi) is 7.44. The van der Waals surface area contributed by atoms with Crippen molar-refractivity contribution in [1.82, 2.24) is 14.8 Å². The molecule has 3 rings (SSSR count). The van der Waals surface area contributed by atoms with Gasteiger partial charge in [0.05, 0.1) is 11.3 Å². The van der Waals surface area contributed by atoms with Gasteiger partial charge in [0.1, 0.15) is 5.82 Å². The monoisotopic (exact) mass is 488 g/mol. The molecule has 0 spiro atoms. The molecule has 3 aromatic rings. The molecule has 0 saturated carbocycles. The average Bonchev–Trinajstić information content (AvgIpc) is 3.10. The minimum absolute atomic E-state index is 0.148. The highest BCUT2D eigenvalue weighted by atomic mass is 79.9. The van der Waals surface area contributed by atoms with Crippen LogP contribution >= 0.6 is 27.7 Å². The standard InChI is InChI=1S/C22H22BrFN4OS/c1-4-11-28-21(16-7-5-6-8-18(16)24)26-27-22(28)30-13-20(29)25-19-10-9-15(23)12-17(19)14(2)3/h4-10,12,14H,1,11,13H2,2-3H3,(H,25,29). The molecule has 0 aliphatic heterocycles. The number of aromatic nitrogens is 3. The fraction of sp³-hybridized carbons (Fsp3) is 0.227. The van der Waals surface area contributed by atoms with Gasteiger partial charge >= 0.3 is 0 Å². The highest BCUT2D eigenvalue weighted by Crippen LogP contribution is 2.29. The quantitative estimate of drug-likeness (QED) is 0.317. The highest BCUT2D eigenvalue weighted by molar-refractivity contribution is 9.10. The van der Waals surface area contributed by atoms with E-state index in [0.29, 0.717) is 23.1 Å². The Morgan fingerprint density at radius 1 is 1.30 bits per heavy atom. The van der Waals surface area contributed by atoms with Crippen LogP contribution in [0.2, 0.25) is 0 Å². The number of carbonyl (C=O) groups excluding carboxylic acids is 1. The third kappa shape index (κ3) is 5.17. The molecule has 1 amide bonds. The average molecular weight is 489 g/mol. The maximum Gasteiger partial charge on any atom is 0.234 e. The first-order valence-corrected chi connectivity index (χ1v) is 11.2. The van der Waals surface area contributed by atoms with Crippen molar-refractivity contribution in [2.75, 3.05) is 11.1 Å². The van der Waals surface area contributed by atoms with Gasteiger partial charge in [-0.25, -0.2) is 4.39 Å². The maximum absolute atomic E-state index is 14.2. The summed E-state index contributed by atoms with van der Waals surface area (Å²) in [5.41, 5.74) is 2.21. The van der Waals surface area contributed by atoms with Crippen LogP contribution < -0.4 is 5.32 Å². The number of anilines is 1. The summed E-state index contributed by atoms with van der Waals surface area (Å²) in [6.07, 6.45) is 1.69. The summed E-state index contributed by atoms with van der Waals surface area (Å²) in [5, 5.41) is 11.8. The number of nitrogens with one attached hydrogen (secondary N) is 1. The summed E-state index contributed by atoms with van der Waals surface area (Å²) in [6, 6.07) is 12.2. The number of hydrogen-bond donors (Lipinski definition) is 1. The molecule has 156 valence electrons. The molecule has 0 unspecified atom stereocenters. The van der Waals surface area contributed by atoms with Crippen LogP contribution in [0.3, 0.4) is 0 Å². The Labute approximate surface area is 187 Å². The van der Waals surface area contributed by atoms with Gasteiger partial charge in [-0.05, 0) is 41.8 Å².